The number of fused-ring (bicyclic) bond motifs is 1. The van der Waals surface area contributed by atoms with Gasteiger partial charge in [0, 0.05) is 18.3 Å². The van der Waals surface area contributed by atoms with Crippen LogP contribution in [-0.2, 0) is 0 Å². The van der Waals surface area contributed by atoms with E-state index in [0.717, 1.165) is 41.9 Å². The summed E-state index contributed by atoms with van der Waals surface area (Å²) in [6, 6.07) is 11.8. The molecule has 3 aromatic rings. The molecule has 0 saturated carbocycles. The van der Waals surface area contributed by atoms with Gasteiger partial charge in [0.25, 0.3) is 0 Å². The summed E-state index contributed by atoms with van der Waals surface area (Å²) in [6.07, 6.45) is 3.39. The van der Waals surface area contributed by atoms with Gasteiger partial charge in [0.1, 0.15) is 5.82 Å². The molecule has 27 heavy (non-hydrogen) atoms. The van der Waals surface area contributed by atoms with Crippen molar-refractivity contribution in [2.75, 3.05) is 18.9 Å². The third kappa shape index (κ3) is 3.93. The van der Waals surface area contributed by atoms with E-state index in [4.69, 9.17) is 4.98 Å². The number of aromatic amines is 1. The molecule has 1 aromatic carbocycles. The van der Waals surface area contributed by atoms with Crippen molar-refractivity contribution in [3.8, 4) is 0 Å². The van der Waals surface area contributed by atoms with Crippen LogP contribution in [0.25, 0.3) is 11.0 Å². The van der Waals surface area contributed by atoms with Gasteiger partial charge in [-0.3, -0.25) is 9.88 Å². The van der Waals surface area contributed by atoms with Crippen molar-refractivity contribution >= 4 is 22.8 Å². The number of aromatic nitrogens is 3. The Kier molecular flexibility index (Phi) is 4.77. The number of hydrogen-bond donors (Lipinski definition) is 3. The van der Waals surface area contributed by atoms with E-state index < -0.39 is 0 Å². The lowest BCUT2D eigenvalue weighted by Gasteiger charge is -2.36. The number of carbonyl (C=O) groups excluding carboxylic acids is 1. The summed E-state index contributed by atoms with van der Waals surface area (Å²) in [5.41, 5.74) is 3.63. The average molecular weight is 364 g/mol. The fraction of sp³-hybridized carbons (Fsp3) is 0.350. The number of piperidine rings is 1. The van der Waals surface area contributed by atoms with Gasteiger partial charge in [-0.15, -0.1) is 0 Å². The average Bonchev–Trinajstić information content (AvgIpc) is 3.09. The predicted molar refractivity (Wildman–Crippen MR) is 106 cm³/mol. The van der Waals surface area contributed by atoms with Gasteiger partial charge in [-0.05, 0) is 51.1 Å². The Bertz CT molecular complexity index is 902. The van der Waals surface area contributed by atoms with E-state index in [1.54, 1.807) is 6.20 Å². The first-order chi connectivity index (χ1) is 13.1. The van der Waals surface area contributed by atoms with E-state index in [9.17, 15) is 4.79 Å². The molecule has 140 valence electrons. The normalized spacial score (nSPS) is 20.5. The van der Waals surface area contributed by atoms with Gasteiger partial charge >= 0.3 is 6.03 Å². The third-order valence-electron chi connectivity index (χ3n) is 5.10. The molecule has 1 aliphatic rings. The lowest BCUT2D eigenvalue weighted by molar-refractivity contribution is 0.153. The first-order valence-corrected chi connectivity index (χ1v) is 9.23. The van der Waals surface area contributed by atoms with Crippen LogP contribution in [0.1, 0.15) is 30.4 Å². The summed E-state index contributed by atoms with van der Waals surface area (Å²) in [5, 5.41) is 5.94. The van der Waals surface area contributed by atoms with Gasteiger partial charge in [0.15, 0.2) is 0 Å². The Morgan fingerprint density at radius 2 is 2.11 bits per heavy atom. The Labute approximate surface area is 158 Å². The minimum atomic E-state index is -0.196. The molecule has 7 nitrogen and oxygen atoms in total. The summed E-state index contributed by atoms with van der Waals surface area (Å²) >= 11 is 0. The molecule has 0 bridgehead atoms. The molecular weight excluding hydrogens is 340 g/mol. The summed E-state index contributed by atoms with van der Waals surface area (Å²) in [7, 11) is 2.10. The summed E-state index contributed by atoms with van der Waals surface area (Å²) in [5.74, 6) is 0.952. The van der Waals surface area contributed by atoms with Crippen LogP contribution < -0.4 is 10.6 Å². The van der Waals surface area contributed by atoms with Gasteiger partial charge in [0.2, 0.25) is 0 Å². The molecule has 1 aliphatic heterocycles. The number of benzene rings is 1. The number of urea groups is 1. The number of para-hydroxylation sites is 2. The van der Waals surface area contributed by atoms with Crippen molar-refractivity contribution in [1.82, 2.24) is 25.2 Å². The molecule has 3 N–H and O–H groups in total. The summed E-state index contributed by atoms with van der Waals surface area (Å²) < 4.78 is 0. The standard InChI is InChI=1S/C20H24N6O/c1-13-7-8-15(12-21-13)23-20(27)22-14-9-10-26(2)18(11-14)19-24-16-5-3-4-6-17(16)25-19/h3-8,12,14,18H,9-11H2,1-2H3,(H,24,25)(H2,22,23,27)/t14-,18-/m1/s1. The summed E-state index contributed by atoms with van der Waals surface area (Å²) in [4.78, 5) is 27.0. The van der Waals surface area contributed by atoms with E-state index in [1.165, 1.54) is 0 Å². The van der Waals surface area contributed by atoms with Crippen LogP contribution in [0.15, 0.2) is 42.6 Å². The molecule has 2 atom stereocenters. The molecular formula is C20H24N6O. The van der Waals surface area contributed by atoms with Crippen LogP contribution in [0, 0.1) is 6.92 Å². The highest BCUT2D eigenvalue weighted by molar-refractivity contribution is 5.89. The van der Waals surface area contributed by atoms with Gasteiger partial charge < -0.3 is 15.6 Å². The molecule has 0 unspecified atom stereocenters. The van der Waals surface area contributed by atoms with Gasteiger partial charge in [-0.2, -0.15) is 0 Å². The molecule has 1 saturated heterocycles. The van der Waals surface area contributed by atoms with E-state index >= 15 is 0 Å². The number of nitrogens with one attached hydrogen (secondary N) is 3. The van der Waals surface area contributed by atoms with E-state index in [0.29, 0.717) is 5.69 Å². The Balaban J connectivity index is 1.42. The van der Waals surface area contributed by atoms with E-state index in [2.05, 4.69) is 32.5 Å². The van der Waals surface area contributed by atoms with Crippen LogP contribution >= 0.6 is 0 Å². The number of amides is 2. The zero-order valence-corrected chi connectivity index (χ0v) is 15.6. The highest BCUT2D eigenvalue weighted by Crippen LogP contribution is 2.29. The molecule has 0 aliphatic carbocycles. The Morgan fingerprint density at radius 3 is 2.89 bits per heavy atom. The second-order valence-corrected chi connectivity index (χ2v) is 7.14. The molecule has 2 amide bonds. The number of H-pyrrole nitrogens is 1. The zero-order valence-electron chi connectivity index (χ0n) is 15.6. The topological polar surface area (TPSA) is 85.9 Å². The van der Waals surface area contributed by atoms with E-state index in [1.807, 2.05) is 43.3 Å². The monoisotopic (exact) mass is 364 g/mol. The van der Waals surface area contributed by atoms with Gasteiger partial charge in [-0.1, -0.05) is 12.1 Å². The van der Waals surface area contributed by atoms with Gasteiger partial charge in [-0.25, -0.2) is 9.78 Å². The zero-order chi connectivity index (χ0) is 18.8. The van der Waals surface area contributed by atoms with Crippen molar-refractivity contribution in [2.24, 2.45) is 0 Å². The minimum absolute atomic E-state index is 0.0952. The Hall–Kier alpha value is -2.93. The van der Waals surface area contributed by atoms with Crippen LogP contribution in [0.2, 0.25) is 0 Å². The molecule has 0 spiro atoms. The lowest BCUT2D eigenvalue weighted by atomic mass is 9.97. The third-order valence-corrected chi connectivity index (χ3v) is 5.10. The smallest absolute Gasteiger partial charge is 0.319 e. The van der Waals surface area contributed by atoms with Crippen molar-refractivity contribution in [3.63, 3.8) is 0 Å². The Morgan fingerprint density at radius 1 is 1.26 bits per heavy atom. The second kappa shape index (κ2) is 7.36. The lowest BCUT2D eigenvalue weighted by Crippen LogP contribution is -2.46. The number of nitrogens with zero attached hydrogens (tertiary/aromatic N) is 3. The van der Waals surface area contributed by atoms with Gasteiger partial charge in [0.05, 0.1) is 29.0 Å². The number of hydrogen-bond acceptors (Lipinski definition) is 4. The van der Waals surface area contributed by atoms with E-state index in [-0.39, 0.29) is 18.1 Å². The minimum Gasteiger partial charge on any atom is -0.341 e. The first kappa shape index (κ1) is 17.5. The molecule has 2 aromatic heterocycles. The number of imidazole rings is 1. The second-order valence-electron chi connectivity index (χ2n) is 7.14. The van der Waals surface area contributed by atoms with Crippen molar-refractivity contribution < 1.29 is 4.79 Å². The SMILES string of the molecule is Cc1ccc(NC(=O)N[C@@H]2CCN(C)[C@@H](c3nc4ccccc4[nH]3)C2)cn1. The maximum Gasteiger partial charge on any atom is 0.319 e. The first-order valence-electron chi connectivity index (χ1n) is 9.23. The number of rotatable bonds is 3. The number of likely N-dealkylation sites (tertiary alicyclic amines) is 1. The number of anilines is 1. The maximum atomic E-state index is 12.3. The fourth-order valence-corrected chi connectivity index (χ4v) is 3.56. The highest BCUT2D eigenvalue weighted by atomic mass is 16.2. The van der Waals surface area contributed by atoms with Crippen LogP contribution in [0.3, 0.4) is 0 Å². The molecule has 7 heteroatoms. The summed E-state index contributed by atoms with van der Waals surface area (Å²) in [6.45, 7) is 2.82. The van der Waals surface area contributed by atoms with Crippen LogP contribution in [-0.4, -0.2) is 45.5 Å². The molecule has 1 fully saturated rings. The number of pyridine rings is 1. The number of aryl methyl sites for hydroxylation is 1. The highest BCUT2D eigenvalue weighted by Gasteiger charge is 2.30. The largest absolute Gasteiger partial charge is 0.341 e. The maximum absolute atomic E-state index is 12.3. The van der Waals surface area contributed by atoms with Crippen LogP contribution in [0.4, 0.5) is 10.5 Å². The fourth-order valence-electron chi connectivity index (χ4n) is 3.56. The predicted octanol–water partition coefficient (Wildman–Crippen LogP) is 3.22. The molecule has 4 rings (SSSR count). The van der Waals surface area contributed by atoms with Crippen molar-refractivity contribution in [2.45, 2.75) is 31.8 Å². The van der Waals surface area contributed by atoms with Crippen LogP contribution in [0.5, 0.6) is 0 Å². The van der Waals surface area contributed by atoms with Crippen molar-refractivity contribution in [1.29, 1.82) is 0 Å². The molecule has 0 radical (unpaired) electrons. The quantitative estimate of drug-likeness (QED) is 0.666. The number of carbonyl (C=O) groups is 1. The van der Waals surface area contributed by atoms with Crippen molar-refractivity contribution in [3.05, 3.63) is 54.1 Å². The molecule has 3 heterocycles.